The first-order chi connectivity index (χ1) is 8.63. The van der Waals surface area contributed by atoms with Gasteiger partial charge in [-0.3, -0.25) is 4.90 Å². The van der Waals surface area contributed by atoms with Crippen molar-refractivity contribution in [3.63, 3.8) is 0 Å². The lowest BCUT2D eigenvalue weighted by atomic mass is 9.97. The van der Waals surface area contributed by atoms with E-state index in [1.54, 1.807) is 0 Å². The van der Waals surface area contributed by atoms with Gasteiger partial charge in [0.1, 0.15) is 0 Å². The lowest BCUT2D eigenvalue weighted by Crippen LogP contribution is -2.42. The van der Waals surface area contributed by atoms with Crippen LogP contribution in [0.25, 0.3) is 0 Å². The first kappa shape index (κ1) is 13.5. The first-order valence-electron chi connectivity index (χ1n) is 6.82. The van der Waals surface area contributed by atoms with Crippen LogP contribution in [0.4, 0.5) is 0 Å². The molecule has 1 aliphatic carbocycles. The number of nitrogens with two attached hydrogens (primary N) is 1. The van der Waals surface area contributed by atoms with E-state index in [-0.39, 0.29) is 18.7 Å². The third kappa shape index (κ3) is 3.10. The average Bonchev–Trinajstić information content (AvgIpc) is 3.11. The van der Waals surface area contributed by atoms with Gasteiger partial charge in [-0.05, 0) is 32.3 Å². The Morgan fingerprint density at radius 1 is 1.44 bits per heavy atom. The number of nitrogens with zero attached hydrogens (tertiary/aromatic N) is 1. The van der Waals surface area contributed by atoms with Crippen LogP contribution in [0.3, 0.4) is 0 Å². The van der Waals surface area contributed by atoms with Gasteiger partial charge in [-0.1, -0.05) is 29.8 Å². The molecule has 1 saturated carbocycles. The zero-order chi connectivity index (χ0) is 13.1. The second-order valence-corrected chi connectivity index (χ2v) is 5.41. The van der Waals surface area contributed by atoms with Gasteiger partial charge in [0.05, 0.1) is 6.61 Å². The largest absolute Gasteiger partial charge is 0.395 e. The van der Waals surface area contributed by atoms with Crippen LogP contribution in [0, 0.1) is 6.92 Å². The maximum absolute atomic E-state index is 9.26. The summed E-state index contributed by atoms with van der Waals surface area (Å²) in [5, 5.41) is 9.26. The Hall–Kier alpha value is -0.900. The third-order valence-corrected chi connectivity index (χ3v) is 3.61. The fourth-order valence-electron chi connectivity index (χ4n) is 2.72. The van der Waals surface area contributed by atoms with Gasteiger partial charge < -0.3 is 10.8 Å². The van der Waals surface area contributed by atoms with Crippen molar-refractivity contribution in [2.75, 3.05) is 13.2 Å². The predicted molar refractivity (Wildman–Crippen MR) is 74.4 cm³/mol. The molecular formula is C15H24N2O. The molecule has 0 bridgehead atoms. The first-order valence-corrected chi connectivity index (χ1v) is 6.82. The van der Waals surface area contributed by atoms with Crippen molar-refractivity contribution in [2.24, 2.45) is 5.73 Å². The van der Waals surface area contributed by atoms with Crippen LogP contribution < -0.4 is 5.73 Å². The highest BCUT2D eigenvalue weighted by Gasteiger charge is 2.35. The van der Waals surface area contributed by atoms with Crippen LogP contribution >= 0.6 is 0 Å². The van der Waals surface area contributed by atoms with Crippen molar-refractivity contribution < 1.29 is 5.11 Å². The summed E-state index contributed by atoms with van der Waals surface area (Å²) in [6.45, 7) is 5.07. The number of aryl methyl sites for hydroxylation is 1. The topological polar surface area (TPSA) is 49.5 Å². The Morgan fingerprint density at radius 2 is 2.17 bits per heavy atom. The second kappa shape index (κ2) is 5.83. The molecule has 3 nitrogen and oxygen atoms in total. The standard InChI is InChI=1S/C15H24N2O/c1-11-4-3-5-13(10-11)15(12(2)16)17(8-9-18)14-6-7-14/h3-5,10,12,14-15,18H,6-9,16H2,1-2H3. The van der Waals surface area contributed by atoms with Crippen LogP contribution in [0.5, 0.6) is 0 Å². The highest BCUT2D eigenvalue weighted by Crippen LogP contribution is 2.35. The summed E-state index contributed by atoms with van der Waals surface area (Å²) >= 11 is 0. The molecule has 0 amide bonds. The Labute approximate surface area is 110 Å². The number of hydrogen-bond donors (Lipinski definition) is 2. The molecule has 0 aromatic heterocycles. The monoisotopic (exact) mass is 248 g/mol. The Kier molecular flexibility index (Phi) is 4.38. The molecule has 0 aliphatic heterocycles. The van der Waals surface area contributed by atoms with Crippen LogP contribution in [0.1, 0.15) is 36.9 Å². The summed E-state index contributed by atoms with van der Waals surface area (Å²) in [5.74, 6) is 0. The number of hydrogen-bond acceptors (Lipinski definition) is 3. The van der Waals surface area contributed by atoms with Crippen LogP contribution in [0.2, 0.25) is 0 Å². The van der Waals surface area contributed by atoms with Gasteiger partial charge in [0.25, 0.3) is 0 Å². The maximum atomic E-state index is 9.26. The van der Waals surface area contributed by atoms with Gasteiger partial charge in [-0.25, -0.2) is 0 Å². The molecule has 2 unspecified atom stereocenters. The lowest BCUT2D eigenvalue weighted by molar-refractivity contribution is 0.129. The van der Waals surface area contributed by atoms with E-state index < -0.39 is 0 Å². The zero-order valence-electron chi connectivity index (χ0n) is 11.3. The van der Waals surface area contributed by atoms with E-state index in [1.165, 1.54) is 24.0 Å². The van der Waals surface area contributed by atoms with E-state index >= 15 is 0 Å². The molecule has 0 heterocycles. The normalized spacial score (nSPS) is 18.9. The van der Waals surface area contributed by atoms with Crippen molar-refractivity contribution in [1.29, 1.82) is 0 Å². The fourth-order valence-corrected chi connectivity index (χ4v) is 2.72. The zero-order valence-corrected chi connectivity index (χ0v) is 11.3. The lowest BCUT2D eigenvalue weighted by Gasteiger charge is -2.34. The minimum Gasteiger partial charge on any atom is -0.395 e. The highest BCUT2D eigenvalue weighted by molar-refractivity contribution is 5.26. The van der Waals surface area contributed by atoms with E-state index in [1.807, 2.05) is 0 Å². The smallest absolute Gasteiger partial charge is 0.0558 e. The Bertz CT molecular complexity index is 388. The highest BCUT2D eigenvalue weighted by atomic mass is 16.3. The summed E-state index contributed by atoms with van der Waals surface area (Å²) < 4.78 is 0. The van der Waals surface area contributed by atoms with Crippen molar-refractivity contribution in [1.82, 2.24) is 4.90 Å². The Balaban J connectivity index is 2.25. The Morgan fingerprint density at radius 3 is 2.67 bits per heavy atom. The summed E-state index contributed by atoms with van der Waals surface area (Å²) in [7, 11) is 0. The van der Waals surface area contributed by atoms with E-state index in [4.69, 9.17) is 5.73 Å². The quantitative estimate of drug-likeness (QED) is 0.807. The second-order valence-electron chi connectivity index (χ2n) is 5.41. The molecule has 1 aromatic carbocycles. The van der Waals surface area contributed by atoms with E-state index in [9.17, 15) is 5.11 Å². The van der Waals surface area contributed by atoms with Crippen molar-refractivity contribution in [3.05, 3.63) is 35.4 Å². The predicted octanol–water partition coefficient (Wildman–Crippen LogP) is 1.84. The van der Waals surface area contributed by atoms with Gasteiger partial charge >= 0.3 is 0 Å². The van der Waals surface area contributed by atoms with Crippen molar-refractivity contribution >= 4 is 0 Å². The summed E-state index contributed by atoms with van der Waals surface area (Å²) in [6.07, 6.45) is 2.46. The SMILES string of the molecule is Cc1cccc(C(C(C)N)N(CCO)C2CC2)c1. The summed E-state index contributed by atoms with van der Waals surface area (Å²) in [4.78, 5) is 2.37. The van der Waals surface area contributed by atoms with Gasteiger partial charge in [0, 0.05) is 24.7 Å². The summed E-state index contributed by atoms with van der Waals surface area (Å²) in [5.41, 5.74) is 8.72. The fraction of sp³-hybridized carbons (Fsp3) is 0.600. The molecule has 2 atom stereocenters. The molecule has 0 saturated heterocycles. The molecular weight excluding hydrogens is 224 g/mol. The molecule has 3 heteroatoms. The van der Waals surface area contributed by atoms with Gasteiger partial charge in [0.2, 0.25) is 0 Å². The molecule has 100 valence electrons. The van der Waals surface area contributed by atoms with E-state index in [0.29, 0.717) is 12.6 Å². The molecule has 18 heavy (non-hydrogen) atoms. The molecule has 1 fully saturated rings. The number of aliphatic hydroxyl groups is 1. The molecule has 0 spiro atoms. The molecule has 2 rings (SSSR count). The van der Waals surface area contributed by atoms with Gasteiger partial charge in [-0.2, -0.15) is 0 Å². The molecule has 0 radical (unpaired) electrons. The van der Waals surface area contributed by atoms with Gasteiger partial charge in [-0.15, -0.1) is 0 Å². The van der Waals surface area contributed by atoms with Crippen LogP contribution in [-0.4, -0.2) is 35.2 Å². The molecule has 3 N–H and O–H groups in total. The average molecular weight is 248 g/mol. The van der Waals surface area contributed by atoms with Crippen LogP contribution in [-0.2, 0) is 0 Å². The molecule has 1 aromatic rings. The third-order valence-electron chi connectivity index (χ3n) is 3.61. The number of aliphatic hydroxyl groups excluding tert-OH is 1. The minimum absolute atomic E-state index is 0.0685. The van der Waals surface area contributed by atoms with Gasteiger partial charge in [0.15, 0.2) is 0 Å². The van der Waals surface area contributed by atoms with E-state index in [2.05, 4.69) is 43.0 Å². The van der Waals surface area contributed by atoms with E-state index in [0.717, 1.165) is 0 Å². The number of rotatable bonds is 6. The maximum Gasteiger partial charge on any atom is 0.0558 e. The number of benzene rings is 1. The van der Waals surface area contributed by atoms with Crippen molar-refractivity contribution in [3.8, 4) is 0 Å². The summed E-state index contributed by atoms with van der Waals surface area (Å²) in [6, 6.07) is 9.44. The molecule has 1 aliphatic rings. The van der Waals surface area contributed by atoms with Crippen LogP contribution in [0.15, 0.2) is 24.3 Å². The van der Waals surface area contributed by atoms with Crippen molar-refractivity contribution in [2.45, 2.75) is 44.8 Å². The minimum atomic E-state index is 0.0685.